The van der Waals surface area contributed by atoms with Crippen LogP contribution in [0.2, 0.25) is 5.02 Å². The van der Waals surface area contributed by atoms with Crippen molar-refractivity contribution in [2.24, 2.45) is 4.99 Å². The molecule has 0 aromatic heterocycles. The van der Waals surface area contributed by atoms with Crippen molar-refractivity contribution in [3.8, 4) is 0 Å². The number of nitrogens with one attached hydrogen (secondary N) is 2. The third kappa shape index (κ3) is 7.19. The summed E-state index contributed by atoms with van der Waals surface area (Å²) in [5, 5.41) is 3.96. The van der Waals surface area contributed by atoms with E-state index >= 15 is 0 Å². The Labute approximate surface area is 155 Å². The molecule has 2 rings (SSSR count). The molecular formula is C16H26ClN5O2S. The van der Waals surface area contributed by atoms with Gasteiger partial charge in [-0.3, -0.25) is 9.89 Å². The summed E-state index contributed by atoms with van der Waals surface area (Å²) in [6, 6.07) is 7.96. The van der Waals surface area contributed by atoms with Crippen LogP contribution in [0.15, 0.2) is 29.3 Å². The van der Waals surface area contributed by atoms with E-state index in [1.165, 1.54) is 5.56 Å². The second-order valence-corrected chi connectivity index (χ2v) is 8.30. The maximum atomic E-state index is 11.1. The highest BCUT2D eigenvalue weighted by Crippen LogP contribution is 2.13. The molecule has 1 saturated heterocycles. The fourth-order valence-corrected chi connectivity index (χ4v) is 3.31. The SMILES string of the molecule is CN=C(NCCNS(C)(=O)=O)N1CCN(Cc2ccc(Cl)cc2)CC1. The molecule has 9 heteroatoms. The van der Waals surface area contributed by atoms with Crippen LogP contribution in [0.5, 0.6) is 0 Å². The third-order valence-corrected chi connectivity index (χ3v) is 4.96. The van der Waals surface area contributed by atoms with Gasteiger partial charge in [0.25, 0.3) is 0 Å². The molecule has 0 unspecified atom stereocenters. The first-order valence-corrected chi connectivity index (χ1v) is 10.5. The summed E-state index contributed by atoms with van der Waals surface area (Å²) < 4.78 is 24.6. The predicted octanol–water partition coefficient (Wildman–Crippen LogP) is 0.582. The normalized spacial score (nSPS) is 16.9. The van der Waals surface area contributed by atoms with E-state index in [1.54, 1.807) is 7.05 Å². The Kier molecular flexibility index (Phi) is 7.49. The van der Waals surface area contributed by atoms with E-state index in [4.69, 9.17) is 11.6 Å². The van der Waals surface area contributed by atoms with E-state index < -0.39 is 10.0 Å². The van der Waals surface area contributed by atoms with Gasteiger partial charge < -0.3 is 10.2 Å². The lowest BCUT2D eigenvalue weighted by molar-refractivity contribution is 0.172. The van der Waals surface area contributed by atoms with Crippen molar-refractivity contribution < 1.29 is 8.42 Å². The molecular weight excluding hydrogens is 362 g/mol. The van der Waals surface area contributed by atoms with Crippen LogP contribution in [0.25, 0.3) is 0 Å². The summed E-state index contributed by atoms with van der Waals surface area (Å²) in [5.74, 6) is 0.807. The summed E-state index contributed by atoms with van der Waals surface area (Å²) in [6.07, 6.45) is 1.15. The molecule has 25 heavy (non-hydrogen) atoms. The maximum Gasteiger partial charge on any atom is 0.208 e. The van der Waals surface area contributed by atoms with Gasteiger partial charge in [0.1, 0.15) is 0 Å². The largest absolute Gasteiger partial charge is 0.355 e. The zero-order valence-electron chi connectivity index (χ0n) is 14.7. The molecule has 2 N–H and O–H groups in total. The van der Waals surface area contributed by atoms with E-state index in [1.807, 2.05) is 12.1 Å². The fourth-order valence-electron chi connectivity index (χ4n) is 2.71. The molecule has 0 spiro atoms. The number of nitrogens with zero attached hydrogens (tertiary/aromatic N) is 3. The molecule has 0 saturated carbocycles. The lowest BCUT2D eigenvalue weighted by Gasteiger charge is -2.36. The highest BCUT2D eigenvalue weighted by Gasteiger charge is 2.19. The zero-order valence-corrected chi connectivity index (χ0v) is 16.3. The average molecular weight is 388 g/mol. The molecule has 140 valence electrons. The minimum Gasteiger partial charge on any atom is -0.355 e. The molecule has 0 atom stereocenters. The van der Waals surface area contributed by atoms with Crippen LogP contribution in [0.1, 0.15) is 5.56 Å². The number of hydrogen-bond acceptors (Lipinski definition) is 4. The molecule has 1 aliphatic heterocycles. The molecule has 7 nitrogen and oxygen atoms in total. The van der Waals surface area contributed by atoms with Gasteiger partial charge in [0.2, 0.25) is 10.0 Å². The van der Waals surface area contributed by atoms with Crippen molar-refractivity contribution in [2.75, 3.05) is 52.6 Å². The Morgan fingerprint density at radius 1 is 1.16 bits per heavy atom. The predicted molar refractivity (Wildman–Crippen MR) is 103 cm³/mol. The Balaban J connectivity index is 1.74. The molecule has 0 radical (unpaired) electrons. The highest BCUT2D eigenvalue weighted by molar-refractivity contribution is 7.88. The minimum absolute atomic E-state index is 0.342. The van der Waals surface area contributed by atoms with Crippen molar-refractivity contribution >= 4 is 27.6 Å². The molecule has 0 amide bonds. The molecule has 1 aromatic rings. The van der Waals surface area contributed by atoms with Crippen LogP contribution >= 0.6 is 11.6 Å². The van der Waals surface area contributed by atoms with Gasteiger partial charge in [0.05, 0.1) is 6.26 Å². The van der Waals surface area contributed by atoms with Gasteiger partial charge in [-0.25, -0.2) is 13.1 Å². The van der Waals surface area contributed by atoms with Crippen molar-refractivity contribution in [3.05, 3.63) is 34.9 Å². The van der Waals surface area contributed by atoms with Crippen molar-refractivity contribution in [2.45, 2.75) is 6.54 Å². The van der Waals surface area contributed by atoms with Crippen LogP contribution in [0.4, 0.5) is 0 Å². The number of rotatable bonds is 6. The van der Waals surface area contributed by atoms with Gasteiger partial charge in [-0.2, -0.15) is 0 Å². The molecule has 1 aromatic carbocycles. The highest BCUT2D eigenvalue weighted by atomic mass is 35.5. The minimum atomic E-state index is -3.15. The van der Waals surface area contributed by atoms with Crippen molar-refractivity contribution in [3.63, 3.8) is 0 Å². The summed E-state index contributed by atoms with van der Waals surface area (Å²) in [7, 11) is -1.41. The second-order valence-electron chi connectivity index (χ2n) is 6.03. The maximum absolute atomic E-state index is 11.1. The Morgan fingerprint density at radius 3 is 2.36 bits per heavy atom. The van der Waals surface area contributed by atoms with Crippen LogP contribution in [-0.4, -0.2) is 76.7 Å². The average Bonchev–Trinajstić information content (AvgIpc) is 2.57. The van der Waals surface area contributed by atoms with Crippen LogP contribution in [0.3, 0.4) is 0 Å². The Bertz CT molecular complexity index is 670. The topological polar surface area (TPSA) is 77.0 Å². The first-order valence-electron chi connectivity index (χ1n) is 8.24. The van der Waals surface area contributed by atoms with Crippen LogP contribution in [-0.2, 0) is 16.6 Å². The van der Waals surface area contributed by atoms with E-state index in [0.717, 1.165) is 50.0 Å². The van der Waals surface area contributed by atoms with Crippen LogP contribution in [0, 0.1) is 0 Å². The van der Waals surface area contributed by atoms with Crippen molar-refractivity contribution in [1.82, 2.24) is 19.8 Å². The van der Waals surface area contributed by atoms with Gasteiger partial charge in [-0.05, 0) is 17.7 Å². The van der Waals surface area contributed by atoms with Crippen molar-refractivity contribution in [1.29, 1.82) is 0 Å². The summed E-state index contributed by atoms with van der Waals surface area (Å²) in [5.41, 5.74) is 1.26. The second kappa shape index (κ2) is 9.38. The monoisotopic (exact) mass is 387 g/mol. The number of aliphatic imine (C=N–C) groups is 1. The first kappa shape index (κ1) is 20.0. The number of halogens is 1. The third-order valence-electron chi connectivity index (χ3n) is 3.98. The number of benzene rings is 1. The van der Waals surface area contributed by atoms with Gasteiger partial charge in [-0.1, -0.05) is 23.7 Å². The first-order chi connectivity index (χ1) is 11.9. The molecule has 0 bridgehead atoms. The van der Waals surface area contributed by atoms with E-state index in [2.05, 4.69) is 37.0 Å². The van der Waals surface area contributed by atoms with E-state index in [9.17, 15) is 8.42 Å². The standard InChI is InChI=1S/C16H26ClN5O2S/c1-18-16(19-7-8-20-25(2,23)24)22-11-9-21(10-12-22)13-14-3-5-15(17)6-4-14/h3-6,20H,7-13H2,1-2H3,(H,18,19). The molecule has 0 aliphatic carbocycles. The van der Waals surface area contributed by atoms with Crippen LogP contribution < -0.4 is 10.0 Å². The van der Waals surface area contributed by atoms with Gasteiger partial charge in [0.15, 0.2) is 5.96 Å². The lowest BCUT2D eigenvalue weighted by Crippen LogP contribution is -2.52. The molecule has 1 heterocycles. The number of sulfonamides is 1. The summed E-state index contributed by atoms with van der Waals surface area (Å²) in [6.45, 7) is 5.42. The number of piperazine rings is 1. The fraction of sp³-hybridized carbons (Fsp3) is 0.562. The Morgan fingerprint density at radius 2 is 1.80 bits per heavy atom. The summed E-state index contributed by atoms with van der Waals surface area (Å²) in [4.78, 5) is 8.88. The van der Waals surface area contributed by atoms with E-state index in [-0.39, 0.29) is 0 Å². The van der Waals surface area contributed by atoms with Gasteiger partial charge >= 0.3 is 0 Å². The Hall–Kier alpha value is -1.35. The molecule has 1 aliphatic rings. The van der Waals surface area contributed by atoms with Gasteiger partial charge in [-0.15, -0.1) is 0 Å². The molecule has 1 fully saturated rings. The van der Waals surface area contributed by atoms with E-state index in [0.29, 0.717) is 13.1 Å². The van der Waals surface area contributed by atoms with Gasteiger partial charge in [0, 0.05) is 57.9 Å². The zero-order chi connectivity index (χ0) is 18.3. The smallest absolute Gasteiger partial charge is 0.208 e. The lowest BCUT2D eigenvalue weighted by atomic mass is 10.2. The summed E-state index contributed by atoms with van der Waals surface area (Å²) >= 11 is 5.92. The quantitative estimate of drug-likeness (QED) is 0.424. The number of guanidine groups is 1. The number of hydrogen-bond donors (Lipinski definition) is 2.